The predicted molar refractivity (Wildman–Crippen MR) is 87.0 cm³/mol. The van der Waals surface area contributed by atoms with Crippen LogP contribution in [-0.2, 0) is 10.4 Å². The Morgan fingerprint density at radius 2 is 2.05 bits per heavy atom. The SMILES string of the molecule is C#CCN1CCC(C(=O)NCC(C)(O)c2ccccc2)CC1. The van der Waals surface area contributed by atoms with Crippen molar-refractivity contribution in [2.45, 2.75) is 25.4 Å². The Morgan fingerprint density at radius 1 is 1.41 bits per heavy atom. The maximum absolute atomic E-state index is 12.3. The third-order valence-electron chi connectivity index (χ3n) is 4.28. The molecular formula is C18H24N2O2. The number of nitrogens with zero attached hydrogens (tertiary/aromatic N) is 1. The molecule has 1 atom stereocenters. The zero-order valence-electron chi connectivity index (χ0n) is 13.1. The van der Waals surface area contributed by atoms with Crippen molar-refractivity contribution in [2.75, 3.05) is 26.2 Å². The number of nitrogens with one attached hydrogen (secondary N) is 1. The number of hydrogen-bond donors (Lipinski definition) is 2. The number of piperidine rings is 1. The summed E-state index contributed by atoms with van der Waals surface area (Å²) in [4.78, 5) is 14.4. The Hall–Kier alpha value is -1.83. The van der Waals surface area contributed by atoms with Crippen LogP contribution in [0.1, 0.15) is 25.3 Å². The normalized spacial score (nSPS) is 19.1. The van der Waals surface area contributed by atoms with Crippen LogP contribution in [0.5, 0.6) is 0 Å². The largest absolute Gasteiger partial charge is 0.384 e. The number of carbonyl (C=O) groups is 1. The topological polar surface area (TPSA) is 52.6 Å². The van der Waals surface area contributed by atoms with Crippen molar-refractivity contribution in [2.24, 2.45) is 5.92 Å². The summed E-state index contributed by atoms with van der Waals surface area (Å²) in [6, 6.07) is 9.40. The highest BCUT2D eigenvalue weighted by molar-refractivity contribution is 5.78. The van der Waals surface area contributed by atoms with Crippen LogP contribution in [0.2, 0.25) is 0 Å². The Morgan fingerprint density at radius 3 is 2.64 bits per heavy atom. The number of terminal acetylenes is 1. The molecule has 0 spiro atoms. The van der Waals surface area contributed by atoms with Crippen molar-refractivity contribution in [3.05, 3.63) is 35.9 Å². The van der Waals surface area contributed by atoms with E-state index >= 15 is 0 Å². The Balaban J connectivity index is 1.82. The highest BCUT2D eigenvalue weighted by Gasteiger charge is 2.28. The van der Waals surface area contributed by atoms with E-state index in [1.165, 1.54) is 0 Å². The summed E-state index contributed by atoms with van der Waals surface area (Å²) in [7, 11) is 0. The van der Waals surface area contributed by atoms with Crippen molar-refractivity contribution in [3.63, 3.8) is 0 Å². The monoisotopic (exact) mass is 300 g/mol. The summed E-state index contributed by atoms with van der Waals surface area (Å²) in [6.45, 7) is 4.31. The van der Waals surface area contributed by atoms with Crippen LogP contribution >= 0.6 is 0 Å². The lowest BCUT2D eigenvalue weighted by Gasteiger charge is -2.31. The minimum absolute atomic E-state index is 0.0144. The summed E-state index contributed by atoms with van der Waals surface area (Å²) in [5.41, 5.74) is -0.250. The zero-order valence-corrected chi connectivity index (χ0v) is 13.1. The van der Waals surface area contributed by atoms with Gasteiger partial charge in [-0.05, 0) is 38.4 Å². The summed E-state index contributed by atoms with van der Waals surface area (Å²) in [5.74, 6) is 2.68. The van der Waals surface area contributed by atoms with Crippen LogP contribution in [0, 0.1) is 18.3 Å². The summed E-state index contributed by atoms with van der Waals surface area (Å²) in [6.07, 6.45) is 6.95. The van der Waals surface area contributed by atoms with E-state index in [2.05, 4.69) is 16.1 Å². The number of likely N-dealkylation sites (tertiary alicyclic amines) is 1. The first-order valence-electron chi connectivity index (χ1n) is 7.74. The van der Waals surface area contributed by atoms with Gasteiger partial charge in [0, 0.05) is 5.92 Å². The van der Waals surface area contributed by atoms with Crippen molar-refractivity contribution in [3.8, 4) is 12.3 Å². The van der Waals surface area contributed by atoms with Gasteiger partial charge < -0.3 is 10.4 Å². The van der Waals surface area contributed by atoms with Crippen LogP contribution in [0.4, 0.5) is 0 Å². The van der Waals surface area contributed by atoms with Crippen LogP contribution in [0.25, 0.3) is 0 Å². The van der Waals surface area contributed by atoms with E-state index in [9.17, 15) is 9.90 Å². The van der Waals surface area contributed by atoms with Gasteiger partial charge in [-0.25, -0.2) is 0 Å². The zero-order chi connectivity index (χ0) is 16.0. The smallest absolute Gasteiger partial charge is 0.223 e. The van der Waals surface area contributed by atoms with Crippen molar-refractivity contribution >= 4 is 5.91 Å². The van der Waals surface area contributed by atoms with E-state index in [4.69, 9.17) is 6.42 Å². The molecule has 0 bridgehead atoms. The second kappa shape index (κ2) is 7.44. The number of aliphatic hydroxyl groups is 1. The fourth-order valence-corrected chi connectivity index (χ4v) is 2.79. The fourth-order valence-electron chi connectivity index (χ4n) is 2.79. The molecule has 4 nitrogen and oxygen atoms in total. The lowest BCUT2D eigenvalue weighted by molar-refractivity contribution is -0.127. The van der Waals surface area contributed by atoms with Gasteiger partial charge >= 0.3 is 0 Å². The van der Waals surface area contributed by atoms with E-state index in [1.807, 2.05) is 30.3 Å². The minimum Gasteiger partial charge on any atom is -0.384 e. The summed E-state index contributed by atoms with van der Waals surface area (Å²) < 4.78 is 0. The van der Waals surface area contributed by atoms with Crippen LogP contribution in [0.15, 0.2) is 30.3 Å². The van der Waals surface area contributed by atoms with Crippen LogP contribution < -0.4 is 5.32 Å². The highest BCUT2D eigenvalue weighted by Crippen LogP contribution is 2.21. The van der Waals surface area contributed by atoms with Gasteiger partial charge in [0.2, 0.25) is 5.91 Å². The molecule has 1 heterocycles. The van der Waals surface area contributed by atoms with Gasteiger partial charge in [0.1, 0.15) is 5.60 Å². The van der Waals surface area contributed by atoms with E-state index in [0.29, 0.717) is 6.54 Å². The summed E-state index contributed by atoms with van der Waals surface area (Å²) >= 11 is 0. The molecule has 2 rings (SSSR count). The number of rotatable bonds is 5. The molecule has 1 aliphatic heterocycles. The van der Waals surface area contributed by atoms with Gasteiger partial charge in [-0.15, -0.1) is 6.42 Å². The maximum atomic E-state index is 12.3. The molecule has 22 heavy (non-hydrogen) atoms. The Kier molecular flexibility index (Phi) is 5.59. The predicted octanol–water partition coefficient (Wildman–Crippen LogP) is 1.36. The molecule has 0 aromatic heterocycles. The first kappa shape index (κ1) is 16.5. The standard InChI is InChI=1S/C18H24N2O2/c1-3-11-20-12-9-15(10-13-20)17(21)19-14-18(2,22)16-7-5-4-6-8-16/h1,4-8,15,22H,9-14H2,2H3,(H,19,21). The molecule has 1 aromatic rings. The minimum atomic E-state index is -1.05. The fraction of sp³-hybridized carbons (Fsp3) is 0.500. The molecule has 1 amide bonds. The lowest BCUT2D eigenvalue weighted by atomic mass is 9.93. The van der Waals surface area contributed by atoms with Gasteiger partial charge in [-0.1, -0.05) is 36.3 Å². The average Bonchev–Trinajstić information content (AvgIpc) is 2.54. The quantitative estimate of drug-likeness (QED) is 0.807. The second-order valence-corrected chi connectivity index (χ2v) is 6.11. The molecular weight excluding hydrogens is 276 g/mol. The molecule has 0 aliphatic carbocycles. The molecule has 1 aromatic carbocycles. The van der Waals surface area contributed by atoms with E-state index < -0.39 is 5.60 Å². The lowest BCUT2D eigenvalue weighted by Crippen LogP contribution is -2.44. The molecule has 0 radical (unpaired) electrons. The molecule has 4 heteroatoms. The third-order valence-corrected chi connectivity index (χ3v) is 4.28. The average molecular weight is 300 g/mol. The number of hydrogen-bond acceptors (Lipinski definition) is 3. The first-order valence-corrected chi connectivity index (χ1v) is 7.74. The molecule has 118 valence electrons. The molecule has 1 fully saturated rings. The van der Waals surface area contributed by atoms with Crippen LogP contribution in [-0.4, -0.2) is 42.1 Å². The highest BCUT2D eigenvalue weighted by atomic mass is 16.3. The molecule has 2 N–H and O–H groups in total. The molecule has 1 aliphatic rings. The molecule has 1 saturated heterocycles. The van der Waals surface area contributed by atoms with Gasteiger partial charge in [-0.2, -0.15) is 0 Å². The van der Waals surface area contributed by atoms with E-state index in [1.54, 1.807) is 6.92 Å². The van der Waals surface area contributed by atoms with E-state index in [-0.39, 0.29) is 18.4 Å². The Labute approximate surface area is 132 Å². The van der Waals surface area contributed by atoms with Gasteiger partial charge in [0.25, 0.3) is 0 Å². The maximum Gasteiger partial charge on any atom is 0.223 e. The van der Waals surface area contributed by atoms with Crippen LogP contribution in [0.3, 0.4) is 0 Å². The third kappa shape index (κ3) is 4.33. The number of carbonyl (C=O) groups excluding carboxylic acids is 1. The van der Waals surface area contributed by atoms with Gasteiger partial charge in [0.15, 0.2) is 0 Å². The van der Waals surface area contributed by atoms with Crippen molar-refractivity contribution in [1.29, 1.82) is 0 Å². The van der Waals surface area contributed by atoms with Gasteiger partial charge in [-0.3, -0.25) is 9.69 Å². The van der Waals surface area contributed by atoms with Crippen molar-refractivity contribution in [1.82, 2.24) is 10.2 Å². The van der Waals surface area contributed by atoms with Gasteiger partial charge in [0.05, 0.1) is 13.1 Å². The second-order valence-electron chi connectivity index (χ2n) is 6.11. The Bertz CT molecular complexity index is 526. The van der Waals surface area contributed by atoms with Crippen molar-refractivity contribution < 1.29 is 9.90 Å². The molecule has 0 saturated carbocycles. The van der Waals surface area contributed by atoms with E-state index in [0.717, 1.165) is 31.5 Å². The summed E-state index contributed by atoms with van der Waals surface area (Å²) in [5, 5.41) is 13.4. The first-order chi connectivity index (χ1) is 10.5. The number of amides is 1. The number of benzene rings is 1. The molecule has 1 unspecified atom stereocenters.